The van der Waals surface area contributed by atoms with Gasteiger partial charge in [-0.25, -0.2) is 19.4 Å². The number of benzene rings is 1. The van der Waals surface area contributed by atoms with E-state index in [2.05, 4.69) is 15.1 Å². The molecule has 1 amide bonds. The van der Waals surface area contributed by atoms with Crippen LogP contribution in [0, 0.1) is 5.92 Å². The summed E-state index contributed by atoms with van der Waals surface area (Å²) in [6, 6.07) is 9.23. The van der Waals surface area contributed by atoms with E-state index in [-0.39, 0.29) is 11.6 Å². The van der Waals surface area contributed by atoms with Crippen LogP contribution in [0.25, 0.3) is 0 Å². The van der Waals surface area contributed by atoms with Crippen molar-refractivity contribution in [3.8, 4) is 0 Å². The molecule has 0 N–H and O–H groups in total. The number of aromatic nitrogens is 5. The van der Waals surface area contributed by atoms with Crippen LogP contribution >= 0.6 is 0 Å². The van der Waals surface area contributed by atoms with Gasteiger partial charge in [-0.2, -0.15) is 5.10 Å². The van der Waals surface area contributed by atoms with Crippen molar-refractivity contribution in [1.29, 1.82) is 0 Å². The molecule has 144 valence electrons. The molecule has 0 bridgehead atoms. The molecule has 4 rings (SSSR count). The highest BCUT2D eigenvalue weighted by atomic mass is 16.2. The van der Waals surface area contributed by atoms with Crippen molar-refractivity contribution in [2.75, 3.05) is 6.54 Å². The molecule has 0 spiro atoms. The number of amides is 1. The molecule has 0 saturated carbocycles. The molecule has 1 aliphatic rings. The second-order valence-electron chi connectivity index (χ2n) is 7.31. The van der Waals surface area contributed by atoms with Crippen LogP contribution in [-0.4, -0.2) is 41.7 Å². The Bertz CT molecular complexity index is 1030. The molecule has 1 atom stereocenters. The average Bonchev–Trinajstić information content (AvgIpc) is 3.03. The third-order valence-electron chi connectivity index (χ3n) is 4.79. The van der Waals surface area contributed by atoms with Gasteiger partial charge in [-0.1, -0.05) is 44.2 Å². The standard InChI is InChI=1S/C20H22N6O2/c1-14(2)12-26-20(28)25-9-8-24(19(27)16-10-21-13-22-11-16)17(18(25)23-26)15-6-4-3-5-7-15/h3-7,10-11,13-14,17H,8-9,12H2,1-2H3. The number of hydrogen-bond acceptors (Lipinski definition) is 5. The Hall–Kier alpha value is -3.29. The van der Waals surface area contributed by atoms with Crippen molar-refractivity contribution in [2.24, 2.45) is 5.92 Å². The normalized spacial score (nSPS) is 16.2. The van der Waals surface area contributed by atoms with E-state index in [0.717, 1.165) is 5.56 Å². The highest BCUT2D eigenvalue weighted by Crippen LogP contribution is 2.31. The van der Waals surface area contributed by atoms with Gasteiger partial charge in [-0.15, -0.1) is 0 Å². The summed E-state index contributed by atoms with van der Waals surface area (Å²) in [6.45, 7) is 5.46. The maximum absolute atomic E-state index is 13.2. The first-order chi connectivity index (χ1) is 13.6. The number of rotatable bonds is 4. The lowest BCUT2D eigenvalue weighted by atomic mass is 10.0. The number of hydrogen-bond donors (Lipinski definition) is 0. The van der Waals surface area contributed by atoms with E-state index >= 15 is 0 Å². The first-order valence-electron chi connectivity index (χ1n) is 9.34. The summed E-state index contributed by atoms with van der Waals surface area (Å²) in [5, 5.41) is 4.62. The molecule has 0 aliphatic carbocycles. The zero-order valence-electron chi connectivity index (χ0n) is 15.9. The summed E-state index contributed by atoms with van der Waals surface area (Å²) < 4.78 is 3.20. The van der Waals surface area contributed by atoms with E-state index in [9.17, 15) is 9.59 Å². The molecular formula is C20H22N6O2. The topological polar surface area (TPSA) is 85.9 Å². The Morgan fingerprint density at radius 1 is 1.14 bits per heavy atom. The van der Waals surface area contributed by atoms with Crippen molar-refractivity contribution in [3.63, 3.8) is 0 Å². The Morgan fingerprint density at radius 3 is 2.54 bits per heavy atom. The zero-order valence-corrected chi connectivity index (χ0v) is 15.9. The summed E-state index contributed by atoms with van der Waals surface area (Å²) in [4.78, 5) is 35.7. The smallest absolute Gasteiger partial charge is 0.322 e. The maximum atomic E-state index is 13.2. The lowest BCUT2D eigenvalue weighted by Crippen LogP contribution is -2.44. The van der Waals surface area contributed by atoms with Gasteiger partial charge in [0.2, 0.25) is 0 Å². The Kier molecular flexibility index (Phi) is 4.77. The number of nitrogens with zero attached hydrogens (tertiary/aromatic N) is 6. The number of fused-ring (bicyclic) bond motifs is 1. The minimum absolute atomic E-state index is 0.125. The van der Waals surface area contributed by atoms with E-state index in [1.165, 1.54) is 23.4 Å². The third kappa shape index (κ3) is 3.21. The van der Waals surface area contributed by atoms with Crippen LogP contribution in [0.3, 0.4) is 0 Å². The molecule has 1 aliphatic heterocycles. The van der Waals surface area contributed by atoms with Crippen LogP contribution < -0.4 is 5.69 Å². The van der Waals surface area contributed by atoms with Crippen molar-refractivity contribution >= 4 is 5.91 Å². The SMILES string of the molecule is CC(C)Cn1nc2n(c1=O)CCN(C(=O)c1cncnc1)C2c1ccccc1. The molecule has 8 nitrogen and oxygen atoms in total. The molecular weight excluding hydrogens is 356 g/mol. The summed E-state index contributed by atoms with van der Waals surface area (Å²) >= 11 is 0. The lowest BCUT2D eigenvalue weighted by molar-refractivity contribution is 0.0656. The van der Waals surface area contributed by atoms with Crippen molar-refractivity contribution in [3.05, 3.63) is 76.5 Å². The van der Waals surface area contributed by atoms with Gasteiger partial charge in [-0.05, 0) is 11.5 Å². The molecule has 3 heterocycles. The molecule has 0 fully saturated rings. The first kappa shape index (κ1) is 18.1. The van der Waals surface area contributed by atoms with E-state index in [4.69, 9.17) is 0 Å². The van der Waals surface area contributed by atoms with E-state index < -0.39 is 6.04 Å². The number of carbonyl (C=O) groups is 1. The van der Waals surface area contributed by atoms with Crippen LogP contribution in [0.1, 0.15) is 41.6 Å². The quantitative estimate of drug-likeness (QED) is 0.690. The molecule has 0 saturated heterocycles. The highest BCUT2D eigenvalue weighted by Gasteiger charge is 2.36. The van der Waals surface area contributed by atoms with Gasteiger partial charge in [0.1, 0.15) is 12.4 Å². The van der Waals surface area contributed by atoms with Gasteiger partial charge in [0.15, 0.2) is 5.82 Å². The van der Waals surface area contributed by atoms with Crippen molar-refractivity contribution < 1.29 is 4.79 Å². The summed E-state index contributed by atoms with van der Waals surface area (Å²) in [6.07, 6.45) is 4.42. The number of carbonyl (C=O) groups excluding carboxylic acids is 1. The monoisotopic (exact) mass is 378 g/mol. The second kappa shape index (κ2) is 7.38. The summed E-state index contributed by atoms with van der Waals surface area (Å²) in [7, 11) is 0. The largest absolute Gasteiger partial charge is 0.346 e. The average molecular weight is 378 g/mol. The molecule has 1 aromatic carbocycles. The minimum Gasteiger partial charge on any atom is -0.322 e. The van der Waals surface area contributed by atoms with Gasteiger partial charge in [0, 0.05) is 32.0 Å². The Labute approximate surface area is 162 Å². The third-order valence-corrected chi connectivity index (χ3v) is 4.79. The van der Waals surface area contributed by atoms with E-state index in [0.29, 0.717) is 36.9 Å². The van der Waals surface area contributed by atoms with Crippen LogP contribution in [-0.2, 0) is 13.1 Å². The maximum Gasteiger partial charge on any atom is 0.346 e. The van der Waals surface area contributed by atoms with Crippen LogP contribution in [0.5, 0.6) is 0 Å². The summed E-state index contributed by atoms with van der Waals surface area (Å²) in [5.74, 6) is 0.712. The fourth-order valence-corrected chi connectivity index (χ4v) is 3.57. The highest BCUT2D eigenvalue weighted by molar-refractivity contribution is 5.94. The van der Waals surface area contributed by atoms with Gasteiger partial charge in [-0.3, -0.25) is 9.36 Å². The predicted molar refractivity (Wildman–Crippen MR) is 103 cm³/mol. The molecule has 28 heavy (non-hydrogen) atoms. The van der Waals surface area contributed by atoms with E-state index in [1.807, 2.05) is 44.2 Å². The van der Waals surface area contributed by atoms with Gasteiger partial charge < -0.3 is 4.90 Å². The fourth-order valence-electron chi connectivity index (χ4n) is 3.57. The molecule has 1 unspecified atom stereocenters. The second-order valence-corrected chi connectivity index (χ2v) is 7.31. The zero-order chi connectivity index (χ0) is 19.7. The van der Waals surface area contributed by atoms with Gasteiger partial charge >= 0.3 is 5.69 Å². The van der Waals surface area contributed by atoms with Crippen molar-refractivity contribution in [1.82, 2.24) is 29.2 Å². The van der Waals surface area contributed by atoms with Crippen LogP contribution in [0.2, 0.25) is 0 Å². The summed E-state index contributed by atoms with van der Waals surface area (Å²) in [5.41, 5.74) is 1.20. The first-order valence-corrected chi connectivity index (χ1v) is 9.34. The fraction of sp³-hybridized carbons (Fsp3) is 0.350. The molecule has 8 heteroatoms. The Morgan fingerprint density at radius 2 is 1.86 bits per heavy atom. The van der Waals surface area contributed by atoms with Crippen LogP contribution in [0.4, 0.5) is 0 Å². The lowest BCUT2D eigenvalue weighted by Gasteiger charge is -2.35. The van der Waals surface area contributed by atoms with Gasteiger partial charge in [0.25, 0.3) is 5.91 Å². The van der Waals surface area contributed by atoms with Crippen LogP contribution in [0.15, 0.2) is 53.8 Å². The van der Waals surface area contributed by atoms with E-state index in [1.54, 1.807) is 9.47 Å². The van der Waals surface area contributed by atoms with Gasteiger partial charge in [0.05, 0.1) is 5.56 Å². The molecule has 2 aromatic heterocycles. The predicted octanol–water partition coefficient (Wildman–Crippen LogP) is 1.74. The minimum atomic E-state index is -0.441. The van der Waals surface area contributed by atoms with Crippen molar-refractivity contribution in [2.45, 2.75) is 33.0 Å². The molecule has 3 aromatic rings. The molecule has 0 radical (unpaired) electrons. The Balaban J connectivity index is 1.82.